The number of amides is 2. The highest BCUT2D eigenvalue weighted by Gasteiger charge is 2.44. The molecule has 4 aliphatic rings. The van der Waals surface area contributed by atoms with E-state index in [0.717, 1.165) is 42.8 Å². The molecular formula is C39H48ClN5O7S. The van der Waals surface area contributed by atoms with Crippen molar-refractivity contribution in [3.05, 3.63) is 82.0 Å². The fourth-order valence-electron chi connectivity index (χ4n) is 8.43. The zero-order valence-corrected chi connectivity index (χ0v) is 32.2. The second-order valence-corrected chi connectivity index (χ2v) is 17.4. The highest BCUT2D eigenvalue weighted by molar-refractivity contribution is 7.92. The minimum absolute atomic E-state index is 0.0344. The van der Waals surface area contributed by atoms with Gasteiger partial charge in [-0.3, -0.25) is 19.0 Å². The molecule has 0 saturated heterocycles. The number of nitrogens with zero attached hydrogens (tertiary/aromatic N) is 4. The van der Waals surface area contributed by atoms with E-state index in [1.165, 1.54) is 29.1 Å². The van der Waals surface area contributed by atoms with Gasteiger partial charge in [0.2, 0.25) is 5.88 Å². The Hall–Kier alpha value is -3.91. The van der Waals surface area contributed by atoms with Gasteiger partial charge in [-0.05, 0) is 98.2 Å². The summed E-state index contributed by atoms with van der Waals surface area (Å²) in [6.07, 6.45) is 8.63. The lowest BCUT2D eigenvalue weighted by atomic mass is 9.68. The van der Waals surface area contributed by atoms with Crippen LogP contribution in [0.15, 0.2) is 59.1 Å². The average molecular weight is 766 g/mol. The van der Waals surface area contributed by atoms with Crippen molar-refractivity contribution in [2.24, 2.45) is 29.2 Å². The van der Waals surface area contributed by atoms with Gasteiger partial charge in [0, 0.05) is 48.9 Å². The SMILES string of the molecule is CCO[C@H]1/C=C/C(O)[C@H](C)CS(=O)(NC(=O)c2cn(C)nc2OC)=NC(=O)c2ccc3c(c2)N(C[C@@H]2CC[C@H]21)C[C@@]1(CCCc2cc(Cl)ccc21)CO3. The largest absolute Gasteiger partial charge is 0.490 e. The number of methoxy groups -OCH3 is 1. The Bertz CT molecular complexity index is 2040. The molecule has 2 amide bonds. The van der Waals surface area contributed by atoms with Gasteiger partial charge in [0.1, 0.15) is 21.2 Å². The first-order valence-electron chi connectivity index (χ1n) is 18.4. The first-order chi connectivity index (χ1) is 25.4. The molecule has 7 rings (SSSR count). The monoisotopic (exact) mass is 765 g/mol. The third kappa shape index (κ3) is 7.58. The van der Waals surface area contributed by atoms with Crippen molar-refractivity contribution < 1.29 is 33.1 Å². The number of aromatic nitrogens is 2. The van der Waals surface area contributed by atoms with Crippen LogP contribution in [0.3, 0.4) is 0 Å². The van der Waals surface area contributed by atoms with Crippen molar-refractivity contribution in [1.29, 1.82) is 0 Å². The van der Waals surface area contributed by atoms with Crippen molar-refractivity contribution in [3.8, 4) is 11.6 Å². The number of carbonyl (C=O) groups is 2. The number of halogens is 1. The normalized spacial score (nSPS) is 30.5. The van der Waals surface area contributed by atoms with Gasteiger partial charge < -0.3 is 24.2 Å². The molecular weight excluding hydrogens is 718 g/mol. The summed E-state index contributed by atoms with van der Waals surface area (Å²) in [6, 6.07) is 11.4. The van der Waals surface area contributed by atoms with E-state index in [0.29, 0.717) is 32.1 Å². The smallest absolute Gasteiger partial charge is 0.286 e. The molecule has 12 nitrogen and oxygen atoms in total. The number of ether oxygens (including phenoxy) is 3. The highest BCUT2D eigenvalue weighted by atomic mass is 35.5. The van der Waals surface area contributed by atoms with Gasteiger partial charge in [-0.2, -0.15) is 0 Å². The number of nitrogens with one attached hydrogen (secondary N) is 1. The Kier molecular flexibility index (Phi) is 10.6. The molecule has 1 aromatic heterocycles. The number of benzene rings is 2. The van der Waals surface area contributed by atoms with E-state index in [1.807, 2.05) is 19.1 Å². The summed E-state index contributed by atoms with van der Waals surface area (Å²) in [7, 11) is -0.789. The molecule has 2 aliphatic heterocycles. The molecule has 1 spiro atoms. The van der Waals surface area contributed by atoms with Crippen LogP contribution < -0.4 is 19.1 Å². The Morgan fingerprint density at radius 2 is 2.04 bits per heavy atom. The number of hydrogen-bond acceptors (Lipinski definition) is 9. The average Bonchev–Trinajstić information content (AvgIpc) is 3.43. The first-order valence-corrected chi connectivity index (χ1v) is 20.4. The van der Waals surface area contributed by atoms with Crippen LogP contribution in [-0.4, -0.2) is 82.3 Å². The maximum Gasteiger partial charge on any atom is 0.286 e. The molecule has 284 valence electrons. The number of carbonyl (C=O) groups excluding carboxylic acids is 2. The zero-order valence-electron chi connectivity index (χ0n) is 30.6. The lowest BCUT2D eigenvalue weighted by molar-refractivity contribution is -0.00920. The summed E-state index contributed by atoms with van der Waals surface area (Å²) in [5.41, 5.74) is 3.18. The molecule has 2 N–H and O–H groups in total. The lowest BCUT2D eigenvalue weighted by Crippen LogP contribution is -2.49. The minimum atomic E-state index is -3.79. The van der Waals surface area contributed by atoms with E-state index in [1.54, 1.807) is 38.2 Å². The summed E-state index contributed by atoms with van der Waals surface area (Å²) in [5, 5.41) is 16.2. The molecule has 1 fully saturated rings. The number of rotatable bonds is 5. The van der Waals surface area contributed by atoms with Crippen LogP contribution in [0.4, 0.5) is 5.69 Å². The summed E-state index contributed by atoms with van der Waals surface area (Å²) < 4.78 is 40.9. The van der Waals surface area contributed by atoms with Gasteiger partial charge in [-0.15, -0.1) is 9.46 Å². The van der Waals surface area contributed by atoms with E-state index in [4.69, 9.17) is 25.8 Å². The van der Waals surface area contributed by atoms with Crippen LogP contribution in [0.1, 0.15) is 71.4 Å². The minimum Gasteiger partial charge on any atom is -0.490 e. The van der Waals surface area contributed by atoms with Gasteiger partial charge >= 0.3 is 0 Å². The number of fused-ring (bicyclic) bond motifs is 4. The Morgan fingerprint density at radius 3 is 2.79 bits per heavy atom. The van der Waals surface area contributed by atoms with Crippen LogP contribution in [0.25, 0.3) is 0 Å². The van der Waals surface area contributed by atoms with Gasteiger partial charge in [0.05, 0.1) is 37.4 Å². The molecule has 1 saturated carbocycles. The van der Waals surface area contributed by atoms with E-state index in [-0.39, 0.29) is 46.1 Å². The molecule has 2 bridgehead atoms. The van der Waals surface area contributed by atoms with Crippen molar-refractivity contribution in [2.75, 3.05) is 44.1 Å². The zero-order chi connectivity index (χ0) is 37.5. The summed E-state index contributed by atoms with van der Waals surface area (Å²) >= 11 is 6.46. The van der Waals surface area contributed by atoms with E-state index < -0.39 is 33.8 Å². The van der Waals surface area contributed by atoms with Crippen molar-refractivity contribution in [1.82, 2.24) is 14.5 Å². The molecule has 3 heterocycles. The van der Waals surface area contributed by atoms with Gasteiger partial charge in [-0.1, -0.05) is 36.7 Å². The predicted octanol–water partition coefficient (Wildman–Crippen LogP) is 5.51. The Labute approximate surface area is 316 Å². The quantitative estimate of drug-likeness (QED) is 0.322. The number of aliphatic hydroxyl groups is 1. The van der Waals surface area contributed by atoms with Crippen molar-refractivity contribution in [2.45, 2.75) is 63.6 Å². The molecule has 3 aromatic rings. The molecule has 2 aromatic carbocycles. The Balaban J connectivity index is 1.32. The number of hydrogen-bond donors (Lipinski definition) is 2. The van der Waals surface area contributed by atoms with Crippen LogP contribution in [0.2, 0.25) is 5.02 Å². The van der Waals surface area contributed by atoms with Crippen molar-refractivity contribution in [3.63, 3.8) is 0 Å². The van der Waals surface area contributed by atoms with E-state index in [2.05, 4.69) is 31.2 Å². The second kappa shape index (κ2) is 15.1. The van der Waals surface area contributed by atoms with Gasteiger partial charge in [0.25, 0.3) is 11.8 Å². The fraction of sp³-hybridized carbons (Fsp3) is 0.513. The van der Waals surface area contributed by atoms with Crippen LogP contribution in [-0.2, 0) is 33.5 Å². The predicted molar refractivity (Wildman–Crippen MR) is 203 cm³/mol. The van der Waals surface area contributed by atoms with Crippen LogP contribution in [0, 0.1) is 17.8 Å². The number of anilines is 1. The third-order valence-corrected chi connectivity index (χ3v) is 13.5. The molecule has 14 heteroatoms. The molecule has 53 heavy (non-hydrogen) atoms. The summed E-state index contributed by atoms with van der Waals surface area (Å²) in [5.74, 6) is -1.28. The van der Waals surface area contributed by atoms with Gasteiger partial charge in [0.15, 0.2) is 0 Å². The standard InChI is InChI=1S/C39H48ClN5O7S/c1-5-51-34-15-13-33(46)24(2)21-53(49,43-37(48)30-20-44(3)41-38(30)50-4)42-36(47)26-9-14-35-32(18-26)45(19-27-8-11-29(27)34)22-39(23-52-35)16-6-7-25-17-28(40)10-12-31(25)39/h9-10,12-15,17-18,20,24,27,29,33-34,46H,5-8,11,16,19,21-23H2,1-4H3,(H,42,43,47,48,49)/b15-13+/t24-,27+,29-,33?,34+,39+,53?/m1/s1. The van der Waals surface area contributed by atoms with Crippen molar-refractivity contribution >= 4 is 39.0 Å². The third-order valence-electron chi connectivity index (χ3n) is 11.3. The Morgan fingerprint density at radius 1 is 1.21 bits per heavy atom. The van der Waals surface area contributed by atoms with Crippen LogP contribution in [0.5, 0.6) is 11.6 Å². The molecule has 2 aliphatic carbocycles. The maximum absolute atomic E-state index is 14.6. The first kappa shape index (κ1) is 37.4. The van der Waals surface area contributed by atoms with Gasteiger partial charge in [-0.25, -0.2) is 4.21 Å². The highest BCUT2D eigenvalue weighted by Crippen LogP contribution is 2.47. The van der Waals surface area contributed by atoms with E-state index in [9.17, 15) is 18.9 Å². The summed E-state index contributed by atoms with van der Waals surface area (Å²) in [6.45, 7) is 6.02. The number of aryl methyl sites for hydroxylation is 2. The second-order valence-electron chi connectivity index (χ2n) is 14.9. The lowest BCUT2D eigenvalue weighted by Gasteiger charge is -2.46. The molecule has 2 unspecified atom stereocenters. The molecule has 0 radical (unpaired) electrons. The maximum atomic E-state index is 14.6. The topological polar surface area (TPSA) is 145 Å². The molecule has 7 atom stereocenters. The fourth-order valence-corrected chi connectivity index (χ4v) is 10.5. The number of aliphatic hydroxyl groups excluding tert-OH is 1. The summed E-state index contributed by atoms with van der Waals surface area (Å²) in [4.78, 5) is 29.9. The van der Waals surface area contributed by atoms with E-state index >= 15 is 0 Å². The van der Waals surface area contributed by atoms with Crippen LogP contribution >= 0.6 is 11.6 Å².